The van der Waals surface area contributed by atoms with Crippen LogP contribution in [0.25, 0.3) is 0 Å². The Morgan fingerprint density at radius 3 is 2.71 bits per heavy atom. The molecule has 0 saturated carbocycles. The van der Waals surface area contributed by atoms with E-state index in [1.54, 1.807) is 4.90 Å². The van der Waals surface area contributed by atoms with E-state index in [4.69, 9.17) is 10.5 Å². The van der Waals surface area contributed by atoms with Crippen LogP contribution in [-0.4, -0.2) is 61.0 Å². The molecule has 2 atom stereocenters. The third kappa shape index (κ3) is 5.80. The van der Waals surface area contributed by atoms with Gasteiger partial charge in [0, 0.05) is 25.0 Å². The molecular weight excluding hydrogens is 270 g/mol. The minimum atomic E-state index is -0.494. The molecule has 1 rings (SSSR count). The van der Waals surface area contributed by atoms with E-state index < -0.39 is 11.7 Å². The van der Waals surface area contributed by atoms with Crippen molar-refractivity contribution in [3.05, 3.63) is 0 Å². The van der Waals surface area contributed by atoms with Crippen LogP contribution in [0.3, 0.4) is 0 Å². The molecule has 21 heavy (non-hydrogen) atoms. The highest BCUT2D eigenvalue weighted by atomic mass is 16.6. The molecule has 1 fully saturated rings. The molecule has 6 nitrogen and oxygen atoms in total. The van der Waals surface area contributed by atoms with Crippen molar-refractivity contribution in [3.63, 3.8) is 0 Å². The molecular formula is C15H31N3O3. The molecule has 0 radical (unpaired) electrons. The highest BCUT2D eigenvalue weighted by Gasteiger charge is 2.38. The minimum Gasteiger partial charge on any atom is -0.444 e. The predicted molar refractivity (Wildman–Crippen MR) is 83.1 cm³/mol. The Balaban J connectivity index is 2.69. The predicted octanol–water partition coefficient (Wildman–Crippen LogP) is 0.933. The first-order valence-electron chi connectivity index (χ1n) is 7.72. The van der Waals surface area contributed by atoms with Gasteiger partial charge in [-0.1, -0.05) is 0 Å². The number of carbonyl (C=O) groups is 1. The van der Waals surface area contributed by atoms with Crippen LogP contribution in [0.1, 0.15) is 40.0 Å². The summed E-state index contributed by atoms with van der Waals surface area (Å²) in [5.74, 6) is 0. The molecule has 1 heterocycles. The molecule has 0 bridgehead atoms. The molecule has 0 aliphatic carbocycles. The van der Waals surface area contributed by atoms with Gasteiger partial charge in [-0.15, -0.1) is 0 Å². The summed E-state index contributed by atoms with van der Waals surface area (Å²) in [5, 5.41) is 13.0. The van der Waals surface area contributed by atoms with Gasteiger partial charge in [-0.05, 0) is 53.6 Å². The number of aliphatic hydroxyl groups excluding tert-OH is 1. The quantitative estimate of drug-likeness (QED) is 0.703. The van der Waals surface area contributed by atoms with Crippen LogP contribution in [-0.2, 0) is 4.74 Å². The Morgan fingerprint density at radius 1 is 1.52 bits per heavy atom. The Kier molecular flexibility index (Phi) is 6.43. The zero-order chi connectivity index (χ0) is 16.1. The normalized spacial score (nSPS) is 24.8. The van der Waals surface area contributed by atoms with Gasteiger partial charge in [-0.2, -0.15) is 0 Å². The SMILES string of the molecule is CNCC(O)CC1(CN)CCCN(C(=O)OC(C)(C)C)C1. The van der Waals surface area contributed by atoms with Gasteiger partial charge in [0.25, 0.3) is 0 Å². The number of nitrogens with two attached hydrogens (primary N) is 1. The smallest absolute Gasteiger partial charge is 0.410 e. The molecule has 1 amide bonds. The second-order valence-electron chi connectivity index (χ2n) is 7.13. The van der Waals surface area contributed by atoms with E-state index in [0.717, 1.165) is 12.8 Å². The van der Waals surface area contributed by atoms with E-state index in [2.05, 4.69) is 5.32 Å². The number of amides is 1. The zero-order valence-electron chi connectivity index (χ0n) is 13.8. The molecule has 124 valence electrons. The molecule has 6 heteroatoms. The topological polar surface area (TPSA) is 87.8 Å². The zero-order valence-corrected chi connectivity index (χ0v) is 13.8. The van der Waals surface area contributed by atoms with Crippen molar-refractivity contribution in [2.75, 3.05) is 33.2 Å². The average Bonchev–Trinajstić information content (AvgIpc) is 2.37. The average molecular weight is 301 g/mol. The summed E-state index contributed by atoms with van der Waals surface area (Å²) in [5.41, 5.74) is 5.25. The van der Waals surface area contributed by atoms with Gasteiger partial charge in [-0.25, -0.2) is 4.79 Å². The van der Waals surface area contributed by atoms with E-state index in [-0.39, 0.29) is 11.5 Å². The van der Waals surface area contributed by atoms with Crippen LogP contribution < -0.4 is 11.1 Å². The van der Waals surface area contributed by atoms with Gasteiger partial charge in [0.1, 0.15) is 5.60 Å². The first-order valence-corrected chi connectivity index (χ1v) is 7.72. The number of carbonyl (C=O) groups excluding carboxylic acids is 1. The summed E-state index contributed by atoms with van der Waals surface area (Å²) in [6.45, 7) is 7.84. The number of nitrogens with one attached hydrogen (secondary N) is 1. The number of likely N-dealkylation sites (tertiary alicyclic amines) is 1. The minimum absolute atomic E-state index is 0.217. The van der Waals surface area contributed by atoms with Gasteiger partial charge in [0.15, 0.2) is 0 Å². The maximum atomic E-state index is 12.2. The van der Waals surface area contributed by atoms with E-state index in [0.29, 0.717) is 32.6 Å². The molecule has 0 aromatic carbocycles. The Bertz CT molecular complexity index is 344. The lowest BCUT2D eigenvalue weighted by Gasteiger charge is -2.43. The van der Waals surface area contributed by atoms with Crippen LogP contribution in [0.4, 0.5) is 4.79 Å². The second-order valence-corrected chi connectivity index (χ2v) is 7.13. The lowest BCUT2D eigenvalue weighted by Crippen LogP contribution is -2.52. The number of piperidine rings is 1. The molecule has 0 spiro atoms. The number of rotatable bonds is 5. The highest BCUT2D eigenvalue weighted by Crippen LogP contribution is 2.34. The maximum Gasteiger partial charge on any atom is 0.410 e. The lowest BCUT2D eigenvalue weighted by atomic mass is 9.75. The Morgan fingerprint density at radius 2 is 2.19 bits per heavy atom. The molecule has 0 aromatic rings. The number of aliphatic hydroxyl groups is 1. The number of likely N-dealkylation sites (N-methyl/N-ethyl adjacent to an activating group) is 1. The molecule has 0 aromatic heterocycles. The van der Waals surface area contributed by atoms with Crippen molar-refractivity contribution in [1.82, 2.24) is 10.2 Å². The number of nitrogens with zero attached hydrogens (tertiary/aromatic N) is 1. The fourth-order valence-corrected chi connectivity index (χ4v) is 2.91. The van der Waals surface area contributed by atoms with Gasteiger partial charge in [0.2, 0.25) is 0 Å². The highest BCUT2D eigenvalue weighted by molar-refractivity contribution is 5.68. The van der Waals surface area contributed by atoms with Crippen LogP contribution in [0, 0.1) is 5.41 Å². The first kappa shape index (κ1) is 18.2. The van der Waals surface area contributed by atoms with Crippen molar-refractivity contribution in [1.29, 1.82) is 0 Å². The third-order valence-corrected chi connectivity index (χ3v) is 3.85. The van der Waals surface area contributed by atoms with Gasteiger partial charge >= 0.3 is 6.09 Å². The summed E-state index contributed by atoms with van der Waals surface area (Å²) < 4.78 is 5.44. The van der Waals surface area contributed by atoms with E-state index in [1.165, 1.54) is 0 Å². The van der Waals surface area contributed by atoms with E-state index >= 15 is 0 Å². The summed E-state index contributed by atoms with van der Waals surface area (Å²) >= 11 is 0. The van der Waals surface area contributed by atoms with Crippen LogP contribution >= 0.6 is 0 Å². The second kappa shape index (κ2) is 7.42. The molecule has 4 N–H and O–H groups in total. The summed E-state index contributed by atoms with van der Waals surface area (Å²) in [4.78, 5) is 13.9. The monoisotopic (exact) mass is 301 g/mol. The largest absolute Gasteiger partial charge is 0.444 e. The summed E-state index contributed by atoms with van der Waals surface area (Å²) in [6.07, 6.45) is 1.69. The maximum absolute atomic E-state index is 12.2. The summed E-state index contributed by atoms with van der Waals surface area (Å²) in [7, 11) is 1.81. The number of hydrogen-bond acceptors (Lipinski definition) is 5. The van der Waals surface area contributed by atoms with Crippen LogP contribution in [0.15, 0.2) is 0 Å². The molecule has 1 aliphatic heterocycles. The lowest BCUT2D eigenvalue weighted by molar-refractivity contribution is -0.00539. The fraction of sp³-hybridized carbons (Fsp3) is 0.933. The Labute approximate surface area is 128 Å². The standard InChI is InChI=1S/C15H31N3O3/c1-14(2,3)21-13(20)18-7-5-6-15(10-16,11-18)8-12(19)9-17-4/h12,17,19H,5-11,16H2,1-4H3. The Hall–Kier alpha value is -0.850. The number of ether oxygens (including phenoxy) is 1. The molecule has 2 unspecified atom stereocenters. The van der Waals surface area contributed by atoms with Crippen molar-refractivity contribution in [3.8, 4) is 0 Å². The van der Waals surface area contributed by atoms with Crippen molar-refractivity contribution in [2.45, 2.75) is 51.7 Å². The van der Waals surface area contributed by atoms with E-state index in [1.807, 2.05) is 27.8 Å². The van der Waals surface area contributed by atoms with E-state index in [9.17, 15) is 9.90 Å². The van der Waals surface area contributed by atoms with Gasteiger partial charge in [-0.3, -0.25) is 0 Å². The van der Waals surface area contributed by atoms with Crippen LogP contribution in [0.5, 0.6) is 0 Å². The number of hydrogen-bond donors (Lipinski definition) is 3. The van der Waals surface area contributed by atoms with Crippen molar-refractivity contribution in [2.24, 2.45) is 11.1 Å². The fourth-order valence-electron chi connectivity index (χ4n) is 2.91. The van der Waals surface area contributed by atoms with Gasteiger partial charge in [0.05, 0.1) is 6.10 Å². The van der Waals surface area contributed by atoms with Gasteiger partial charge < -0.3 is 25.8 Å². The van der Waals surface area contributed by atoms with Crippen molar-refractivity contribution < 1.29 is 14.6 Å². The molecule has 1 aliphatic rings. The van der Waals surface area contributed by atoms with Crippen LogP contribution in [0.2, 0.25) is 0 Å². The third-order valence-electron chi connectivity index (χ3n) is 3.85. The summed E-state index contributed by atoms with van der Waals surface area (Å²) in [6, 6.07) is 0. The first-order chi connectivity index (χ1) is 9.71. The molecule has 1 saturated heterocycles. The van der Waals surface area contributed by atoms with Crippen molar-refractivity contribution >= 4 is 6.09 Å².